The van der Waals surface area contributed by atoms with Crippen molar-refractivity contribution in [1.82, 2.24) is 4.90 Å². The smallest absolute Gasteiger partial charge is 0.0612 e. The Kier molecular flexibility index (Phi) is 2.97. The fourth-order valence-corrected chi connectivity index (χ4v) is 3.41. The van der Waals surface area contributed by atoms with E-state index in [0.29, 0.717) is 16.1 Å². The van der Waals surface area contributed by atoms with E-state index in [1.807, 2.05) is 12.1 Å². The number of nitrogens with zero attached hydrogens (tertiary/aromatic N) is 2. The molecule has 0 saturated carbocycles. The molecule has 2 aliphatic rings. The second kappa shape index (κ2) is 4.34. The summed E-state index contributed by atoms with van der Waals surface area (Å²) >= 11 is 12.0. The lowest BCUT2D eigenvalue weighted by atomic mass is 10.2. The molecule has 2 saturated heterocycles. The third kappa shape index (κ3) is 1.92. The molecule has 0 amide bonds. The second-order valence-corrected chi connectivity index (χ2v) is 5.70. The van der Waals surface area contributed by atoms with Gasteiger partial charge in [-0.2, -0.15) is 0 Å². The first-order valence-electron chi connectivity index (χ1n) is 6.14. The van der Waals surface area contributed by atoms with Gasteiger partial charge in [0.2, 0.25) is 0 Å². The molecule has 2 fully saturated rings. The quantitative estimate of drug-likeness (QED) is 0.814. The van der Waals surface area contributed by atoms with Crippen molar-refractivity contribution in [2.45, 2.75) is 25.4 Å². The molecule has 0 spiro atoms. The zero-order chi connectivity index (χ0) is 12.0. The van der Waals surface area contributed by atoms with Crippen molar-refractivity contribution in [2.24, 2.45) is 0 Å². The minimum Gasteiger partial charge on any atom is -0.366 e. The summed E-state index contributed by atoms with van der Waals surface area (Å²) in [7, 11) is 0. The molecule has 2 unspecified atom stereocenters. The number of anilines is 1. The Morgan fingerprint density at radius 1 is 1.18 bits per heavy atom. The number of likely N-dealkylation sites (tertiary alicyclic amines) is 1. The number of hydrogen-bond acceptors (Lipinski definition) is 2. The van der Waals surface area contributed by atoms with E-state index in [4.69, 9.17) is 23.2 Å². The lowest BCUT2D eigenvalue weighted by Gasteiger charge is -2.35. The highest BCUT2D eigenvalue weighted by molar-refractivity contribution is 6.42. The van der Waals surface area contributed by atoms with E-state index in [0.717, 1.165) is 19.1 Å². The summed E-state index contributed by atoms with van der Waals surface area (Å²) in [6.45, 7) is 5.71. The van der Waals surface area contributed by atoms with Crippen LogP contribution in [0.3, 0.4) is 0 Å². The predicted octanol–water partition coefficient (Wildman–Crippen LogP) is 3.28. The Hall–Kier alpha value is -0.440. The van der Waals surface area contributed by atoms with Crippen LogP contribution in [0.15, 0.2) is 18.2 Å². The molecule has 2 aliphatic heterocycles. The van der Waals surface area contributed by atoms with Gasteiger partial charge in [0.15, 0.2) is 0 Å². The van der Waals surface area contributed by atoms with Gasteiger partial charge in [0, 0.05) is 30.9 Å². The maximum atomic E-state index is 6.08. The van der Waals surface area contributed by atoms with E-state index in [9.17, 15) is 0 Å². The van der Waals surface area contributed by atoms with Gasteiger partial charge in [0.1, 0.15) is 0 Å². The van der Waals surface area contributed by atoms with Gasteiger partial charge >= 0.3 is 0 Å². The zero-order valence-electron chi connectivity index (χ0n) is 9.87. The average Bonchev–Trinajstić information content (AvgIpc) is 2.91. The first-order chi connectivity index (χ1) is 8.19. The van der Waals surface area contributed by atoms with Crippen molar-refractivity contribution in [2.75, 3.05) is 24.5 Å². The van der Waals surface area contributed by atoms with Gasteiger partial charge in [-0.15, -0.1) is 0 Å². The van der Waals surface area contributed by atoms with Crippen LogP contribution in [0.5, 0.6) is 0 Å². The van der Waals surface area contributed by atoms with Crippen LogP contribution >= 0.6 is 23.2 Å². The molecule has 92 valence electrons. The molecule has 4 heteroatoms. The van der Waals surface area contributed by atoms with Crippen LogP contribution in [0.2, 0.25) is 10.0 Å². The lowest BCUT2D eigenvalue weighted by molar-refractivity contribution is 0.251. The van der Waals surface area contributed by atoms with Crippen molar-refractivity contribution in [3.05, 3.63) is 28.2 Å². The summed E-state index contributed by atoms with van der Waals surface area (Å²) in [4.78, 5) is 5.04. The highest BCUT2D eigenvalue weighted by Crippen LogP contribution is 2.36. The summed E-state index contributed by atoms with van der Waals surface area (Å²) in [5, 5.41) is 1.29. The largest absolute Gasteiger partial charge is 0.366 e. The molecule has 1 aromatic rings. The molecule has 2 heterocycles. The van der Waals surface area contributed by atoms with E-state index in [1.54, 1.807) is 0 Å². The van der Waals surface area contributed by atoms with Crippen molar-refractivity contribution in [3.63, 3.8) is 0 Å². The van der Waals surface area contributed by atoms with Crippen molar-refractivity contribution in [3.8, 4) is 0 Å². The summed E-state index contributed by atoms with van der Waals surface area (Å²) < 4.78 is 0. The third-order valence-corrected chi connectivity index (χ3v) is 4.73. The number of fused-ring (bicyclic) bond motifs is 2. The Morgan fingerprint density at radius 3 is 2.59 bits per heavy atom. The molecule has 3 rings (SSSR count). The topological polar surface area (TPSA) is 6.48 Å². The standard InChI is InChI=1S/C13H16Cl2N2/c1-2-16-7-11-5-10(16)8-17(11)9-3-4-12(14)13(15)6-9/h3-4,6,10-11H,2,5,7-8H2,1H3. The molecule has 0 aromatic heterocycles. The lowest BCUT2D eigenvalue weighted by Crippen LogP contribution is -2.46. The van der Waals surface area contributed by atoms with Crippen LogP contribution in [-0.2, 0) is 0 Å². The van der Waals surface area contributed by atoms with E-state index in [-0.39, 0.29) is 0 Å². The Balaban J connectivity index is 1.81. The molecule has 1 aromatic carbocycles. The van der Waals surface area contributed by atoms with E-state index in [2.05, 4.69) is 22.8 Å². The van der Waals surface area contributed by atoms with Crippen LogP contribution in [0.25, 0.3) is 0 Å². The number of benzene rings is 1. The molecule has 2 atom stereocenters. The molecular formula is C13H16Cl2N2. The summed E-state index contributed by atoms with van der Waals surface area (Å²) in [6, 6.07) is 7.33. The van der Waals surface area contributed by atoms with Crippen molar-refractivity contribution < 1.29 is 0 Å². The molecule has 0 radical (unpaired) electrons. The maximum Gasteiger partial charge on any atom is 0.0612 e. The van der Waals surface area contributed by atoms with Crippen LogP contribution in [0.4, 0.5) is 5.69 Å². The number of halogens is 2. The summed E-state index contributed by atoms with van der Waals surface area (Å²) in [6.07, 6.45) is 1.29. The van der Waals surface area contributed by atoms with Gasteiger partial charge in [-0.25, -0.2) is 0 Å². The van der Waals surface area contributed by atoms with E-state index in [1.165, 1.54) is 18.7 Å². The second-order valence-electron chi connectivity index (χ2n) is 4.88. The number of rotatable bonds is 2. The predicted molar refractivity (Wildman–Crippen MR) is 73.2 cm³/mol. The normalized spacial score (nSPS) is 28.1. The van der Waals surface area contributed by atoms with Crippen LogP contribution in [-0.4, -0.2) is 36.6 Å². The Labute approximate surface area is 112 Å². The molecular weight excluding hydrogens is 255 g/mol. The molecule has 0 N–H and O–H groups in total. The average molecular weight is 271 g/mol. The highest BCUT2D eigenvalue weighted by atomic mass is 35.5. The van der Waals surface area contributed by atoms with Gasteiger partial charge in [-0.05, 0) is 31.2 Å². The van der Waals surface area contributed by atoms with Crippen molar-refractivity contribution >= 4 is 28.9 Å². The van der Waals surface area contributed by atoms with Crippen LogP contribution in [0, 0.1) is 0 Å². The van der Waals surface area contributed by atoms with Gasteiger partial charge in [-0.3, -0.25) is 4.90 Å². The minimum absolute atomic E-state index is 0.634. The van der Waals surface area contributed by atoms with Gasteiger partial charge < -0.3 is 4.90 Å². The fraction of sp³-hybridized carbons (Fsp3) is 0.538. The molecule has 17 heavy (non-hydrogen) atoms. The zero-order valence-corrected chi connectivity index (χ0v) is 11.4. The van der Waals surface area contributed by atoms with Gasteiger partial charge in [0.05, 0.1) is 10.0 Å². The van der Waals surface area contributed by atoms with Crippen LogP contribution < -0.4 is 4.90 Å². The monoisotopic (exact) mass is 270 g/mol. The molecule has 2 bridgehead atoms. The summed E-state index contributed by atoms with van der Waals surface area (Å²) in [5.41, 5.74) is 1.21. The fourth-order valence-electron chi connectivity index (χ4n) is 3.12. The Morgan fingerprint density at radius 2 is 2.00 bits per heavy atom. The van der Waals surface area contributed by atoms with Crippen molar-refractivity contribution in [1.29, 1.82) is 0 Å². The Bertz CT molecular complexity index is 435. The first-order valence-corrected chi connectivity index (χ1v) is 6.90. The third-order valence-electron chi connectivity index (χ3n) is 4.00. The number of piperazine rings is 1. The highest BCUT2D eigenvalue weighted by Gasteiger charge is 2.42. The first kappa shape index (κ1) is 11.6. The van der Waals surface area contributed by atoms with Crippen LogP contribution in [0.1, 0.15) is 13.3 Å². The van der Waals surface area contributed by atoms with E-state index < -0.39 is 0 Å². The van der Waals surface area contributed by atoms with Gasteiger partial charge in [-0.1, -0.05) is 30.1 Å². The number of likely N-dealkylation sites (N-methyl/N-ethyl adjacent to an activating group) is 1. The molecule has 2 nitrogen and oxygen atoms in total. The SMILES string of the molecule is CCN1CC2CC1CN2c1ccc(Cl)c(Cl)c1. The number of hydrogen-bond donors (Lipinski definition) is 0. The maximum absolute atomic E-state index is 6.08. The van der Waals surface area contributed by atoms with E-state index >= 15 is 0 Å². The van der Waals surface area contributed by atoms with Gasteiger partial charge in [0.25, 0.3) is 0 Å². The minimum atomic E-state index is 0.634. The molecule has 0 aliphatic carbocycles. The summed E-state index contributed by atoms with van der Waals surface area (Å²) in [5.74, 6) is 0.